The summed E-state index contributed by atoms with van der Waals surface area (Å²) in [6.07, 6.45) is 1.10. The number of carbonyl (C=O) groups excluding carboxylic acids is 1. The summed E-state index contributed by atoms with van der Waals surface area (Å²) in [5, 5.41) is 0.509. The molecule has 2 heteroatoms. The van der Waals surface area contributed by atoms with Gasteiger partial charge in [0.2, 0.25) is 5.12 Å². The van der Waals surface area contributed by atoms with Gasteiger partial charge in [0.25, 0.3) is 0 Å². The monoisotopic (exact) mass is 250 g/mol. The van der Waals surface area contributed by atoms with Gasteiger partial charge in [-0.2, -0.15) is 0 Å². The largest absolute Gasteiger partial charge is 0.282 e. The summed E-state index contributed by atoms with van der Waals surface area (Å²) in [7, 11) is 0. The Kier molecular flexibility index (Phi) is 4.81. The van der Waals surface area contributed by atoms with Gasteiger partial charge in [-0.3, -0.25) is 4.79 Å². The van der Waals surface area contributed by atoms with Gasteiger partial charge in [-0.15, -0.1) is 0 Å². The fourth-order valence-corrected chi connectivity index (χ4v) is 2.24. The molecule has 0 aliphatic carbocycles. The zero-order valence-corrected chi connectivity index (χ0v) is 12.2. The van der Waals surface area contributed by atoms with Crippen LogP contribution in [0.4, 0.5) is 0 Å². The molecule has 0 spiro atoms. The third-order valence-electron chi connectivity index (χ3n) is 3.13. The molecule has 0 bridgehead atoms. The van der Waals surface area contributed by atoms with E-state index in [-0.39, 0.29) is 10.5 Å². The molecule has 1 aromatic carbocycles. The van der Waals surface area contributed by atoms with Gasteiger partial charge in [-0.05, 0) is 17.4 Å². The minimum Gasteiger partial charge on any atom is -0.282 e. The Morgan fingerprint density at radius 2 is 1.76 bits per heavy atom. The molecule has 0 unspecified atom stereocenters. The lowest BCUT2D eigenvalue weighted by Crippen LogP contribution is -2.15. The van der Waals surface area contributed by atoms with Crippen LogP contribution < -0.4 is 0 Å². The van der Waals surface area contributed by atoms with E-state index in [0.717, 1.165) is 12.0 Å². The van der Waals surface area contributed by atoms with E-state index in [1.54, 1.807) is 0 Å². The van der Waals surface area contributed by atoms with Gasteiger partial charge in [-0.1, -0.05) is 70.6 Å². The van der Waals surface area contributed by atoms with Crippen LogP contribution in [0.3, 0.4) is 0 Å². The third-order valence-corrected chi connectivity index (χ3v) is 4.05. The molecule has 0 amide bonds. The van der Waals surface area contributed by atoms with Gasteiger partial charge in [0.15, 0.2) is 0 Å². The van der Waals surface area contributed by atoms with Crippen LogP contribution >= 0.6 is 11.8 Å². The third kappa shape index (κ3) is 3.88. The van der Waals surface area contributed by atoms with Crippen molar-refractivity contribution < 1.29 is 4.79 Å². The molecule has 94 valence electrons. The standard InChI is InChI=1S/C15H22OS/c1-6-15(4,5)13-9-7-12(8-10-13)14(16)17-11(2)3/h7-11H,6H2,1-5H3. The normalized spacial score (nSPS) is 11.9. The van der Waals surface area contributed by atoms with Crippen molar-refractivity contribution in [2.45, 2.75) is 51.7 Å². The summed E-state index contributed by atoms with van der Waals surface area (Å²) in [5.74, 6) is 0. The Labute approximate surface area is 109 Å². The van der Waals surface area contributed by atoms with Crippen LogP contribution in [-0.2, 0) is 5.41 Å². The first-order valence-corrected chi connectivity index (χ1v) is 7.06. The molecule has 0 saturated heterocycles. The molecule has 1 aromatic rings. The second-order valence-corrected chi connectivity index (χ2v) is 6.82. The number of hydrogen-bond donors (Lipinski definition) is 0. The highest BCUT2D eigenvalue weighted by Crippen LogP contribution is 2.27. The Balaban J connectivity index is 2.85. The minimum absolute atomic E-state index is 0.167. The first kappa shape index (κ1) is 14.3. The second-order valence-electron chi connectivity index (χ2n) is 5.27. The lowest BCUT2D eigenvalue weighted by molar-refractivity contribution is 0.108. The molecule has 0 aliphatic rings. The molecule has 0 aromatic heterocycles. The molecule has 0 saturated carbocycles. The van der Waals surface area contributed by atoms with Gasteiger partial charge in [0, 0.05) is 10.8 Å². The van der Waals surface area contributed by atoms with Crippen molar-refractivity contribution in [3.05, 3.63) is 35.4 Å². The van der Waals surface area contributed by atoms with Crippen LogP contribution in [0.1, 0.15) is 57.0 Å². The number of thioether (sulfide) groups is 1. The van der Waals surface area contributed by atoms with Crippen molar-refractivity contribution in [1.29, 1.82) is 0 Å². The summed E-state index contributed by atoms with van der Waals surface area (Å²) >= 11 is 1.39. The van der Waals surface area contributed by atoms with Gasteiger partial charge in [0.05, 0.1) is 0 Å². The Hall–Kier alpha value is -0.760. The van der Waals surface area contributed by atoms with Crippen molar-refractivity contribution in [2.75, 3.05) is 0 Å². The molecule has 17 heavy (non-hydrogen) atoms. The molecule has 1 nitrogen and oxygen atoms in total. The van der Waals surface area contributed by atoms with Crippen molar-refractivity contribution in [3.63, 3.8) is 0 Å². The maximum atomic E-state index is 11.8. The lowest BCUT2D eigenvalue weighted by Gasteiger charge is -2.23. The molecule has 0 heterocycles. The summed E-state index contributed by atoms with van der Waals surface area (Å²) < 4.78 is 0. The zero-order chi connectivity index (χ0) is 13.1. The van der Waals surface area contributed by atoms with Crippen LogP contribution in [0, 0.1) is 0 Å². The molecule has 0 atom stereocenters. The molecular formula is C15H22OS. The van der Waals surface area contributed by atoms with E-state index in [0.29, 0.717) is 5.25 Å². The molecule has 0 radical (unpaired) electrons. The van der Waals surface area contributed by atoms with Crippen LogP contribution in [0.2, 0.25) is 0 Å². The molecule has 1 rings (SSSR count). The summed E-state index contributed by atoms with van der Waals surface area (Å²) in [6.45, 7) is 10.7. The first-order chi connectivity index (χ1) is 7.86. The lowest BCUT2D eigenvalue weighted by atomic mass is 9.82. The van der Waals surface area contributed by atoms with E-state index in [9.17, 15) is 4.79 Å². The Morgan fingerprint density at radius 1 is 1.24 bits per heavy atom. The highest BCUT2D eigenvalue weighted by Gasteiger charge is 2.18. The maximum absolute atomic E-state index is 11.8. The molecule has 0 fully saturated rings. The first-order valence-electron chi connectivity index (χ1n) is 6.18. The fraction of sp³-hybridized carbons (Fsp3) is 0.533. The Bertz CT molecular complexity index is 376. The number of carbonyl (C=O) groups is 1. The van der Waals surface area contributed by atoms with Crippen LogP contribution in [0.5, 0.6) is 0 Å². The van der Waals surface area contributed by atoms with Crippen molar-refractivity contribution in [1.82, 2.24) is 0 Å². The predicted molar refractivity (Wildman–Crippen MR) is 76.8 cm³/mol. The average Bonchev–Trinajstić information content (AvgIpc) is 2.28. The SMILES string of the molecule is CCC(C)(C)c1ccc(C(=O)SC(C)C)cc1. The molecule has 0 aliphatic heterocycles. The number of rotatable bonds is 4. The van der Waals surface area contributed by atoms with Crippen LogP contribution in [-0.4, -0.2) is 10.4 Å². The second kappa shape index (κ2) is 5.72. The van der Waals surface area contributed by atoms with Crippen molar-refractivity contribution >= 4 is 16.9 Å². The van der Waals surface area contributed by atoms with Crippen LogP contribution in [0.15, 0.2) is 24.3 Å². The quantitative estimate of drug-likeness (QED) is 0.773. The predicted octanol–water partition coefficient (Wildman–Crippen LogP) is 4.66. The van der Waals surface area contributed by atoms with Gasteiger partial charge >= 0.3 is 0 Å². The Morgan fingerprint density at radius 3 is 2.18 bits per heavy atom. The number of hydrogen-bond acceptors (Lipinski definition) is 2. The van der Waals surface area contributed by atoms with E-state index in [1.807, 2.05) is 26.0 Å². The highest BCUT2D eigenvalue weighted by molar-refractivity contribution is 8.14. The average molecular weight is 250 g/mol. The van der Waals surface area contributed by atoms with Crippen molar-refractivity contribution in [3.8, 4) is 0 Å². The van der Waals surface area contributed by atoms with Gasteiger partial charge in [-0.25, -0.2) is 0 Å². The van der Waals surface area contributed by atoms with E-state index in [4.69, 9.17) is 0 Å². The molecular weight excluding hydrogens is 228 g/mol. The minimum atomic E-state index is 0.167. The van der Waals surface area contributed by atoms with Gasteiger partial charge < -0.3 is 0 Å². The van der Waals surface area contributed by atoms with Gasteiger partial charge in [0.1, 0.15) is 0 Å². The van der Waals surface area contributed by atoms with E-state index >= 15 is 0 Å². The fourth-order valence-electron chi connectivity index (χ4n) is 1.54. The number of benzene rings is 1. The smallest absolute Gasteiger partial charge is 0.219 e. The van der Waals surface area contributed by atoms with E-state index in [1.165, 1.54) is 17.3 Å². The van der Waals surface area contributed by atoms with Crippen LogP contribution in [0.25, 0.3) is 0 Å². The van der Waals surface area contributed by atoms with E-state index < -0.39 is 0 Å². The summed E-state index contributed by atoms with van der Waals surface area (Å²) in [6, 6.07) is 8.06. The zero-order valence-electron chi connectivity index (χ0n) is 11.4. The summed E-state index contributed by atoms with van der Waals surface area (Å²) in [4.78, 5) is 11.8. The molecule has 0 N–H and O–H groups in total. The summed E-state index contributed by atoms with van der Waals surface area (Å²) in [5.41, 5.74) is 2.29. The highest BCUT2D eigenvalue weighted by atomic mass is 32.2. The van der Waals surface area contributed by atoms with Crippen molar-refractivity contribution in [2.24, 2.45) is 0 Å². The van der Waals surface area contributed by atoms with E-state index in [2.05, 4.69) is 32.9 Å². The topological polar surface area (TPSA) is 17.1 Å². The maximum Gasteiger partial charge on any atom is 0.219 e.